The zero-order chi connectivity index (χ0) is 19.3. The lowest BCUT2D eigenvalue weighted by atomic mass is 10.2. The van der Waals surface area contributed by atoms with Crippen LogP contribution in [0.15, 0.2) is 41.8 Å². The van der Waals surface area contributed by atoms with E-state index in [9.17, 15) is 13.2 Å². The standard InChI is InChI=1S/C17H25NO7S/c1-3-9-24-17(19)18-8-10-22-11-12-23-13-14-25-26(20,21)16-6-4-15(2)5-7-16/h3-7H,1,8-14H2,2H3,(H,18,19). The third kappa shape index (κ3) is 9.52. The molecular weight excluding hydrogens is 362 g/mol. The Morgan fingerprint density at radius 1 is 1.08 bits per heavy atom. The van der Waals surface area contributed by atoms with Gasteiger partial charge in [-0.2, -0.15) is 8.42 Å². The first-order valence-electron chi connectivity index (χ1n) is 8.09. The molecule has 8 nitrogen and oxygen atoms in total. The topological polar surface area (TPSA) is 100 Å². The van der Waals surface area contributed by atoms with Gasteiger partial charge in [-0.1, -0.05) is 30.4 Å². The molecule has 0 aliphatic carbocycles. The Morgan fingerprint density at radius 2 is 1.69 bits per heavy atom. The number of ether oxygens (including phenoxy) is 3. The molecule has 1 N–H and O–H groups in total. The summed E-state index contributed by atoms with van der Waals surface area (Å²) in [5, 5.41) is 2.50. The average Bonchev–Trinajstić information content (AvgIpc) is 2.61. The van der Waals surface area contributed by atoms with Gasteiger partial charge in [0.1, 0.15) is 6.61 Å². The Hall–Kier alpha value is -1.94. The SMILES string of the molecule is C=CCOC(=O)NCCOCCOCCOS(=O)(=O)c1ccc(C)cc1. The van der Waals surface area contributed by atoms with Crippen LogP contribution in [0, 0.1) is 6.92 Å². The zero-order valence-electron chi connectivity index (χ0n) is 14.8. The molecule has 1 aromatic rings. The van der Waals surface area contributed by atoms with Crippen molar-refractivity contribution in [2.75, 3.05) is 46.2 Å². The van der Waals surface area contributed by atoms with Gasteiger partial charge in [0.15, 0.2) is 0 Å². The Bertz CT molecular complexity index is 644. The van der Waals surface area contributed by atoms with Crippen molar-refractivity contribution >= 4 is 16.2 Å². The van der Waals surface area contributed by atoms with Crippen LogP contribution in [-0.2, 0) is 28.5 Å². The summed E-state index contributed by atoms with van der Waals surface area (Å²) in [5.41, 5.74) is 0.969. The molecule has 0 heterocycles. The highest BCUT2D eigenvalue weighted by molar-refractivity contribution is 7.86. The molecule has 0 bridgehead atoms. The molecule has 1 aromatic carbocycles. The van der Waals surface area contributed by atoms with E-state index in [4.69, 9.17) is 18.4 Å². The fourth-order valence-corrected chi connectivity index (χ4v) is 2.60. The molecule has 0 spiro atoms. The lowest BCUT2D eigenvalue weighted by Gasteiger charge is -2.08. The maximum absolute atomic E-state index is 11.9. The van der Waals surface area contributed by atoms with E-state index in [2.05, 4.69) is 11.9 Å². The molecule has 26 heavy (non-hydrogen) atoms. The smallest absolute Gasteiger partial charge is 0.407 e. The third-order valence-corrected chi connectivity index (χ3v) is 4.32. The summed E-state index contributed by atoms with van der Waals surface area (Å²) < 4.78 is 43.9. The van der Waals surface area contributed by atoms with Crippen molar-refractivity contribution < 1.29 is 31.6 Å². The van der Waals surface area contributed by atoms with Gasteiger partial charge in [-0.3, -0.25) is 4.18 Å². The molecule has 0 atom stereocenters. The molecule has 0 aliphatic heterocycles. The van der Waals surface area contributed by atoms with Crippen LogP contribution in [0.5, 0.6) is 0 Å². The van der Waals surface area contributed by atoms with Crippen molar-refractivity contribution in [3.05, 3.63) is 42.5 Å². The van der Waals surface area contributed by atoms with Crippen molar-refractivity contribution in [3.63, 3.8) is 0 Å². The maximum atomic E-state index is 11.9. The van der Waals surface area contributed by atoms with E-state index in [-0.39, 0.29) is 31.3 Å². The maximum Gasteiger partial charge on any atom is 0.407 e. The van der Waals surface area contributed by atoms with Gasteiger partial charge in [-0.15, -0.1) is 0 Å². The second-order valence-electron chi connectivity index (χ2n) is 5.13. The van der Waals surface area contributed by atoms with Gasteiger partial charge < -0.3 is 19.5 Å². The zero-order valence-corrected chi connectivity index (χ0v) is 15.6. The minimum Gasteiger partial charge on any atom is -0.445 e. The number of hydrogen-bond acceptors (Lipinski definition) is 7. The monoisotopic (exact) mass is 387 g/mol. The average molecular weight is 387 g/mol. The molecule has 0 unspecified atom stereocenters. The van der Waals surface area contributed by atoms with E-state index in [1.54, 1.807) is 12.1 Å². The third-order valence-electron chi connectivity index (χ3n) is 3.00. The van der Waals surface area contributed by atoms with E-state index >= 15 is 0 Å². The van der Waals surface area contributed by atoms with Crippen molar-refractivity contribution in [1.29, 1.82) is 0 Å². The number of carbonyl (C=O) groups excluding carboxylic acids is 1. The lowest BCUT2D eigenvalue weighted by Crippen LogP contribution is -2.28. The first kappa shape index (κ1) is 22.1. The van der Waals surface area contributed by atoms with Gasteiger partial charge in [-0.25, -0.2) is 4.79 Å². The molecular formula is C17H25NO7S. The fraction of sp³-hybridized carbons (Fsp3) is 0.471. The number of amides is 1. The number of carbonyl (C=O) groups is 1. The van der Waals surface area contributed by atoms with Gasteiger partial charge in [0.2, 0.25) is 0 Å². The molecule has 146 valence electrons. The molecule has 0 saturated carbocycles. The van der Waals surface area contributed by atoms with Gasteiger partial charge in [0.05, 0.1) is 37.9 Å². The summed E-state index contributed by atoms with van der Waals surface area (Å²) in [4.78, 5) is 11.2. The first-order chi connectivity index (χ1) is 12.5. The lowest BCUT2D eigenvalue weighted by molar-refractivity contribution is 0.0378. The highest BCUT2D eigenvalue weighted by Crippen LogP contribution is 2.12. The molecule has 9 heteroatoms. The van der Waals surface area contributed by atoms with E-state index in [1.807, 2.05) is 6.92 Å². The van der Waals surface area contributed by atoms with Gasteiger partial charge in [-0.05, 0) is 19.1 Å². The predicted octanol–water partition coefficient (Wildman–Crippen LogP) is 1.65. The number of aryl methyl sites for hydroxylation is 1. The van der Waals surface area contributed by atoms with Crippen molar-refractivity contribution in [2.24, 2.45) is 0 Å². The van der Waals surface area contributed by atoms with Crippen LogP contribution in [0.3, 0.4) is 0 Å². The Kier molecular flexibility index (Phi) is 10.6. The van der Waals surface area contributed by atoms with Gasteiger partial charge in [0.25, 0.3) is 10.1 Å². The van der Waals surface area contributed by atoms with E-state index < -0.39 is 16.2 Å². The van der Waals surface area contributed by atoms with Gasteiger partial charge >= 0.3 is 6.09 Å². The molecule has 0 saturated heterocycles. The van der Waals surface area contributed by atoms with E-state index in [1.165, 1.54) is 18.2 Å². The highest BCUT2D eigenvalue weighted by Gasteiger charge is 2.14. The number of hydrogen-bond donors (Lipinski definition) is 1. The van der Waals surface area contributed by atoms with E-state index in [0.29, 0.717) is 19.8 Å². The number of nitrogens with one attached hydrogen (secondary N) is 1. The van der Waals surface area contributed by atoms with E-state index in [0.717, 1.165) is 5.56 Å². The van der Waals surface area contributed by atoms with Crippen LogP contribution in [-0.4, -0.2) is 60.7 Å². The summed E-state index contributed by atoms with van der Waals surface area (Å²) in [5.74, 6) is 0. The Morgan fingerprint density at radius 3 is 2.35 bits per heavy atom. The van der Waals surface area contributed by atoms with Crippen molar-refractivity contribution in [2.45, 2.75) is 11.8 Å². The van der Waals surface area contributed by atoms with Crippen LogP contribution in [0.2, 0.25) is 0 Å². The molecule has 1 rings (SSSR count). The summed E-state index contributed by atoms with van der Waals surface area (Å²) in [7, 11) is -3.77. The first-order valence-corrected chi connectivity index (χ1v) is 9.49. The minimum absolute atomic E-state index is 0.0765. The van der Waals surface area contributed by atoms with Crippen molar-refractivity contribution in [1.82, 2.24) is 5.32 Å². The molecule has 0 radical (unpaired) electrons. The molecule has 0 aliphatic rings. The largest absolute Gasteiger partial charge is 0.445 e. The number of benzene rings is 1. The molecule has 1 amide bonds. The van der Waals surface area contributed by atoms with Crippen molar-refractivity contribution in [3.8, 4) is 0 Å². The normalized spacial score (nSPS) is 11.1. The predicted molar refractivity (Wildman–Crippen MR) is 95.5 cm³/mol. The second kappa shape index (κ2) is 12.4. The van der Waals surface area contributed by atoms with Crippen LogP contribution in [0.1, 0.15) is 5.56 Å². The summed E-state index contributed by atoms with van der Waals surface area (Å²) in [6, 6.07) is 6.41. The highest BCUT2D eigenvalue weighted by atomic mass is 32.2. The number of alkyl carbamates (subject to hydrolysis) is 1. The quantitative estimate of drug-likeness (QED) is 0.312. The summed E-state index contributed by atoms with van der Waals surface area (Å²) in [6.07, 6.45) is 0.945. The number of rotatable bonds is 13. The summed E-state index contributed by atoms with van der Waals surface area (Å²) >= 11 is 0. The van der Waals surface area contributed by atoms with Crippen LogP contribution >= 0.6 is 0 Å². The Labute approximate surface area is 154 Å². The fourth-order valence-electron chi connectivity index (χ4n) is 1.71. The van der Waals surface area contributed by atoms with Crippen LogP contribution in [0.25, 0.3) is 0 Å². The minimum atomic E-state index is -3.77. The van der Waals surface area contributed by atoms with Crippen LogP contribution < -0.4 is 5.32 Å². The van der Waals surface area contributed by atoms with Crippen LogP contribution in [0.4, 0.5) is 4.79 Å². The van der Waals surface area contributed by atoms with Gasteiger partial charge in [0, 0.05) is 6.54 Å². The Balaban J connectivity index is 2.01. The molecule has 0 aromatic heterocycles. The summed E-state index contributed by atoms with van der Waals surface area (Å²) in [6.45, 7) is 6.73. The second-order valence-corrected chi connectivity index (χ2v) is 6.74. The molecule has 0 fully saturated rings.